The van der Waals surface area contributed by atoms with Crippen LogP contribution in [0.4, 0.5) is 4.39 Å². The molecule has 0 bridgehead atoms. The molecule has 1 atom stereocenters. The Bertz CT molecular complexity index is 1050. The first kappa shape index (κ1) is 18.9. The predicted octanol–water partition coefficient (Wildman–Crippen LogP) is 4.15. The number of benzene rings is 2. The fraction of sp³-hybridized carbons (Fsp3) is 0.286. The van der Waals surface area contributed by atoms with E-state index in [4.69, 9.17) is 18.7 Å². The maximum absolute atomic E-state index is 13.7. The second kappa shape index (κ2) is 7.90. The van der Waals surface area contributed by atoms with Gasteiger partial charge in [-0.25, -0.2) is 4.39 Å². The summed E-state index contributed by atoms with van der Waals surface area (Å²) < 4.78 is 34.9. The molecular formula is C21H19FN2O5. The molecule has 0 spiro atoms. The quantitative estimate of drug-likeness (QED) is 0.577. The molecular weight excluding hydrogens is 379 g/mol. The lowest BCUT2D eigenvalue weighted by atomic mass is 10.1. The van der Waals surface area contributed by atoms with Gasteiger partial charge >= 0.3 is 5.97 Å². The van der Waals surface area contributed by atoms with Crippen LogP contribution in [0.5, 0.6) is 11.5 Å². The Kier molecular flexibility index (Phi) is 5.16. The van der Waals surface area contributed by atoms with E-state index in [0.29, 0.717) is 29.0 Å². The van der Waals surface area contributed by atoms with E-state index >= 15 is 0 Å². The number of nitrogens with zero attached hydrogens (tertiary/aromatic N) is 2. The molecule has 2 aromatic carbocycles. The molecule has 0 fully saturated rings. The van der Waals surface area contributed by atoms with E-state index in [9.17, 15) is 9.18 Å². The normalized spacial score (nSPS) is 13.3. The number of hydrogen-bond donors (Lipinski definition) is 0. The van der Waals surface area contributed by atoms with Crippen molar-refractivity contribution >= 4 is 5.97 Å². The Morgan fingerprint density at radius 2 is 2.03 bits per heavy atom. The molecule has 0 radical (unpaired) electrons. The van der Waals surface area contributed by atoms with Gasteiger partial charge in [-0.15, -0.1) is 0 Å². The smallest absolute Gasteiger partial charge is 0.306 e. The number of carbonyl (C=O) groups is 1. The van der Waals surface area contributed by atoms with E-state index in [-0.39, 0.29) is 30.7 Å². The highest BCUT2D eigenvalue weighted by atomic mass is 19.1. The van der Waals surface area contributed by atoms with Gasteiger partial charge in [0.05, 0.1) is 0 Å². The molecule has 0 saturated heterocycles. The Balaban J connectivity index is 1.34. The lowest BCUT2D eigenvalue weighted by molar-refractivity contribution is -0.149. The van der Waals surface area contributed by atoms with E-state index in [1.807, 2.05) is 18.2 Å². The third kappa shape index (κ3) is 4.21. The number of aromatic nitrogens is 2. The minimum Gasteiger partial charge on any atom is -0.454 e. The Hall–Kier alpha value is -3.42. The fourth-order valence-corrected chi connectivity index (χ4v) is 2.90. The van der Waals surface area contributed by atoms with Crippen LogP contribution in [0.15, 0.2) is 40.9 Å². The molecule has 7 nitrogen and oxygen atoms in total. The number of ether oxygens (including phenoxy) is 3. The van der Waals surface area contributed by atoms with Crippen LogP contribution in [0.25, 0.3) is 11.4 Å². The first-order chi connectivity index (χ1) is 14.0. The zero-order chi connectivity index (χ0) is 20.4. The third-order valence-corrected chi connectivity index (χ3v) is 4.58. The summed E-state index contributed by atoms with van der Waals surface area (Å²) >= 11 is 0. The zero-order valence-electron chi connectivity index (χ0n) is 16.0. The van der Waals surface area contributed by atoms with Crippen molar-refractivity contribution in [1.29, 1.82) is 0 Å². The molecule has 1 aliphatic heterocycles. The van der Waals surface area contributed by atoms with Crippen LogP contribution < -0.4 is 9.47 Å². The van der Waals surface area contributed by atoms with Gasteiger partial charge in [0.1, 0.15) is 5.82 Å². The summed E-state index contributed by atoms with van der Waals surface area (Å²) in [6.07, 6.45) is -0.0237. The molecule has 0 N–H and O–H groups in total. The van der Waals surface area contributed by atoms with Crippen LogP contribution in [0.2, 0.25) is 0 Å². The van der Waals surface area contributed by atoms with Gasteiger partial charge in [-0.05, 0) is 49.6 Å². The zero-order valence-corrected chi connectivity index (χ0v) is 16.0. The van der Waals surface area contributed by atoms with Gasteiger partial charge in [-0.2, -0.15) is 4.98 Å². The molecule has 3 aromatic rings. The second-order valence-electron chi connectivity index (χ2n) is 6.74. The van der Waals surface area contributed by atoms with Crippen molar-refractivity contribution in [3.63, 3.8) is 0 Å². The number of halogens is 1. The maximum Gasteiger partial charge on any atom is 0.306 e. The summed E-state index contributed by atoms with van der Waals surface area (Å²) in [4.78, 5) is 16.4. The van der Waals surface area contributed by atoms with Gasteiger partial charge in [0.15, 0.2) is 17.6 Å². The average molecular weight is 398 g/mol. The second-order valence-corrected chi connectivity index (χ2v) is 6.74. The van der Waals surface area contributed by atoms with Gasteiger partial charge in [0.25, 0.3) is 5.89 Å². The lowest BCUT2D eigenvalue weighted by Gasteiger charge is -2.09. The minimum absolute atomic E-state index is 0.150. The van der Waals surface area contributed by atoms with Crippen molar-refractivity contribution < 1.29 is 27.9 Å². The van der Waals surface area contributed by atoms with Crippen molar-refractivity contribution in [3.05, 3.63) is 59.2 Å². The van der Waals surface area contributed by atoms with Crippen molar-refractivity contribution in [1.82, 2.24) is 10.1 Å². The van der Waals surface area contributed by atoms with Crippen molar-refractivity contribution in [2.45, 2.75) is 32.8 Å². The monoisotopic (exact) mass is 398 g/mol. The van der Waals surface area contributed by atoms with E-state index < -0.39 is 12.1 Å². The summed E-state index contributed by atoms with van der Waals surface area (Å²) in [5, 5.41) is 3.84. The van der Waals surface area contributed by atoms with E-state index in [1.165, 1.54) is 6.07 Å². The van der Waals surface area contributed by atoms with Crippen LogP contribution in [-0.4, -0.2) is 22.9 Å². The predicted molar refractivity (Wildman–Crippen MR) is 99.8 cm³/mol. The molecule has 1 aliphatic rings. The summed E-state index contributed by atoms with van der Waals surface area (Å²) in [6, 6.07) is 10.2. The molecule has 150 valence electrons. The highest BCUT2D eigenvalue weighted by molar-refractivity contribution is 5.70. The van der Waals surface area contributed by atoms with Crippen molar-refractivity contribution in [2.75, 3.05) is 6.79 Å². The molecule has 8 heteroatoms. The Labute approximate surface area is 166 Å². The summed E-state index contributed by atoms with van der Waals surface area (Å²) in [5.41, 5.74) is 1.96. The highest BCUT2D eigenvalue weighted by Crippen LogP contribution is 2.33. The van der Waals surface area contributed by atoms with Gasteiger partial charge in [0, 0.05) is 12.0 Å². The molecule has 0 saturated carbocycles. The number of fused-ring (bicyclic) bond motifs is 1. The average Bonchev–Trinajstić information content (AvgIpc) is 3.37. The highest BCUT2D eigenvalue weighted by Gasteiger charge is 2.20. The lowest BCUT2D eigenvalue weighted by Crippen LogP contribution is -2.10. The minimum atomic E-state index is -0.712. The van der Waals surface area contributed by atoms with Crippen LogP contribution in [0.1, 0.15) is 36.5 Å². The van der Waals surface area contributed by atoms with E-state index in [0.717, 1.165) is 5.56 Å². The number of carbonyl (C=O) groups excluding carboxylic acids is 1. The topological polar surface area (TPSA) is 83.7 Å². The van der Waals surface area contributed by atoms with E-state index in [1.54, 1.807) is 26.0 Å². The molecule has 0 amide bonds. The molecule has 2 heterocycles. The van der Waals surface area contributed by atoms with Crippen molar-refractivity contribution in [3.8, 4) is 22.9 Å². The molecule has 1 unspecified atom stereocenters. The van der Waals surface area contributed by atoms with Crippen LogP contribution >= 0.6 is 0 Å². The summed E-state index contributed by atoms with van der Waals surface area (Å²) in [5.74, 6) is 1.02. The Morgan fingerprint density at radius 3 is 2.86 bits per heavy atom. The van der Waals surface area contributed by atoms with Gasteiger partial charge < -0.3 is 18.7 Å². The largest absolute Gasteiger partial charge is 0.454 e. The molecule has 4 rings (SSSR count). The van der Waals surface area contributed by atoms with Gasteiger partial charge in [-0.3, -0.25) is 4.79 Å². The molecule has 0 aliphatic carbocycles. The first-order valence-electron chi connectivity index (χ1n) is 9.18. The number of aryl methyl sites for hydroxylation is 2. The maximum atomic E-state index is 13.7. The third-order valence-electron chi connectivity index (χ3n) is 4.58. The standard InChI is InChI=1S/C21H19FN2O5/c1-12-3-6-15(10-16(12)22)20-23-21(29-24-20)13(2)28-19(25)8-5-14-4-7-17-18(9-14)27-11-26-17/h3-4,6-7,9-10,13H,5,8,11H2,1-2H3. The Morgan fingerprint density at radius 1 is 1.21 bits per heavy atom. The fourth-order valence-electron chi connectivity index (χ4n) is 2.90. The first-order valence-corrected chi connectivity index (χ1v) is 9.18. The van der Waals surface area contributed by atoms with Crippen LogP contribution in [0, 0.1) is 12.7 Å². The van der Waals surface area contributed by atoms with Crippen LogP contribution in [0.3, 0.4) is 0 Å². The van der Waals surface area contributed by atoms with Crippen molar-refractivity contribution in [2.24, 2.45) is 0 Å². The SMILES string of the molecule is Cc1ccc(-c2noc(C(C)OC(=O)CCc3ccc4c(c3)OCO4)n2)cc1F. The van der Waals surface area contributed by atoms with Gasteiger partial charge in [0.2, 0.25) is 12.6 Å². The summed E-state index contributed by atoms with van der Waals surface area (Å²) in [7, 11) is 0. The number of rotatable bonds is 6. The molecule has 29 heavy (non-hydrogen) atoms. The summed E-state index contributed by atoms with van der Waals surface area (Å²) in [6.45, 7) is 3.52. The number of esters is 1. The van der Waals surface area contributed by atoms with E-state index in [2.05, 4.69) is 10.1 Å². The molecule has 1 aromatic heterocycles. The number of hydrogen-bond acceptors (Lipinski definition) is 7. The van der Waals surface area contributed by atoms with Gasteiger partial charge in [-0.1, -0.05) is 23.4 Å². The van der Waals surface area contributed by atoms with Crippen LogP contribution in [-0.2, 0) is 16.0 Å².